The quantitative estimate of drug-likeness (QED) is 0.535. The smallest absolute Gasteiger partial charge is 0.0560 e. The van der Waals surface area contributed by atoms with Gasteiger partial charge >= 0.3 is 0 Å². The van der Waals surface area contributed by atoms with E-state index in [0.29, 0.717) is 0 Å². The summed E-state index contributed by atoms with van der Waals surface area (Å²) >= 11 is 1.69. The molecule has 0 unspecified atom stereocenters. The third-order valence-electron chi connectivity index (χ3n) is 4.37. The summed E-state index contributed by atoms with van der Waals surface area (Å²) in [6.07, 6.45) is 0. The Morgan fingerprint density at radius 3 is 2.52 bits per heavy atom. The van der Waals surface area contributed by atoms with E-state index in [-0.39, 0.29) is 18.4 Å². The van der Waals surface area contributed by atoms with Gasteiger partial charge in [-0.05, 0) is 53.1 Å². The van der Waals surface area contributed by atoms with Crippen molar-refractivity contribution in [3.05, 3.63) is 70.4 Å². The molecule has 0 radical (unpaired) electrons. The van der Waals surface area contributed by atoms with E-state index in [2.05, 4.69) is 70.8 Å². The molecular weight excluding hydrogens is 324 g/mol. The number of aryl methyl sites for hydroxylation is 1. The number of rotatable bonds is 3. The first-order valence-corrected chi connectivity index (χ1v) is 8.52. The number of hydrogen-bond acceptors (Lipinski definition) is 2. The Bertz CT molecular complexity index is 941. The SMILES string of the molecule is CCn1c2ccccc2c2cc([C@H](N)c3ccsc3)ccc21.Cl. The molecule has 0 aliphatic carbocycles. The average molecular weight is 343 g/mol. The second-order valence-electron chi connectivity index (χ2n) is 5.57. The van der Waals surface area contributed by atoms with Crippen molar-refractivity contribution in [1.82, 2.24) is 4.57 Å². The Hall–Kier alpha value is -1.81. The van der Waals surface area contributed by atoms with Gasteiger partial charge in [-0.2, -0.15) is 11.3 Å². The van der Waals surface area contributed by atoms with Crippen LogP contribution in [0, 0.1) is 0 Å². The van der Waals surface area contributed by atoms with E-state index in [1.54, 1.807) is 11.3 Å². The van der Waals surface area contributed by atoms with Gasteiger partial charge in [0.2, 0.25) is 0 Å². The van der Waals surface area contributed by atoms with Gasteiger partial charge < -0.3 is 10.3 Å². The van der Waals surface area contributed by atoms with E-state index in [9.17, 15) is 0 Å². The van der Waals surface area contributed by atoms with E-state index in [4.69, 9.17) is 5.73 Å². The van der Waals surface area contributed by atoms with Gasteiger partial charge in [0, 0.05) is 28.4 Å². The molecule has 0 aliphatic heterocycles. The van der Waals surface area contributed by atoms with Crippen LogP contribution in [-0.4, -0.2) is 4.57 Å². The normalized spacial score (nSPS) is 12.4. The van der Waals surface area contributed by atoms with Crippen LogP contribution in [0.2, 0.25) is 0 Å². The minimum Gasteiger partial charge on any atom is -0.341 e. The zero-order valence-electron chi connectivity index (χ0n) is 12.9. The van der Waals surface area contributed by atoms with Gasteiger partial charge in [-0.3, -0.25) is 0 Å². The maximum atomic E-state index is 6.44. The molecule has 0 saturated carbocycles. The minimum atomic E-state index is -0.0561. The Morgan fingerprint density at radius 1 is 1.00 bits per heavy atom. The highest BCUT2D eigenvalue weighted by atomic mass is 35.5. The molecular formula is C19H19ClN2S. The molecule has 2 nitrogen and oxygen atoms in total. The molecule has 2 aromatic heterocycles. The fraction of sp³-hybridized carbons (Fsp3) is 0.158. The fourth-order valence-electron chi connectivity index (χ4n) is 3.25. The predicted octanol–water partition coefficient (Wildman–Crippen LogP) is 5.35. The summed E-state index contributed by atoms with van der Waals surface area (Å²) in [5.74, 6) is 0. The van der Waals surface area contributed by atoms with Crippen molar-refractivity contribution in [2.75, 3.05) is 0 Å². The number of para-hydroxylation sites is 1. The second-order valence-corrected chi connectivity index (χ2v) is 6.35. The lowest BCUT2D eigenvalue weighted by molar-refractivity contribution is 0.826. The van der Waals surface area contributed by atoms with Gasteiger partial charge in [-0.15, -0.1) is 12.4 Å². The molecule has 2 aromatic carbocycles. The fourth-order valence-corrected chi connectivity index (χ4v) is 3.95. The molecule has 4 rings (SSSR count). The van der Waals surface area contributed by atoms with E-state index >= 15 is 0 Å². The molecule has 0 fully saturated rings. The number of fused-ring (bicyclic) bond motifs is 3. The summed E-state index contributed by atoms with van der Waals surface area (Å²) in [7, 11) is 0. The zero-order valence-corrected chi connectivity index (χ0v) is 14.5. The van der Waals surface area contributed by atoms with E-state index in [0.717, 1.165) is 6.54 Å². The van der Waals surface area contributed by atoms with Crippen LogP contribution in [0.1, 0.15) is 24.1 Å². The Morgan fingerprint density at radius 2 is 1.78 bits per heavy atom. The van der Waals surface area contributed by atoms with E-state index in [1.807, 2.05) is 0 Å². The van der Waals surface area contributed by atoms with Gasteiger partial charge in [-0.1, -0.05) is 24.3 Å². The molecule has 0 aliphatic rings. The van der Waals surface area contributed by atoms with E-state index < -0.39 is 0 Å². The standard InChI is InChI=1S/C19H18N2S.ClH/c1-2-21-17-6-4-3-5-15(17)16-11-13(7-8-18(16)21)19(20)14-9-10-22-12-14;/h3-12,19H,2,20H2,1H3;1H/t19-;/m0./s1. The van der Waals surface area contributed by atoms with Crippen molar-refractivity contribution in [3.8, 4) is 0 Å². The summed E-state index contributed by atoms with van der Waals surface area (Å²) in [5.41, 5.74) is 11.4. The van der Waals surface area contributed by atoms with Gasteiger partial charge in [0.15, 0.2) is 0 Å². The molecule has 118 valence electrons. The maximum Gasteiger partial charge on any atom is 0.0560 e. The van der Waals surface area contributed by atoms with Gasteiger partial charge in [-0.25, -0.2) is 0 Å². The molecule has 0 bridgehead atoms. The number of nitrogens with two attached hydrogens (primary N) is 1. The van der Waals surface area contributed by atoms with Crippen molar-refractivity contribution in [2.45, 2.75) is 19.5 Å². The summed E-state index contributed by atoms with van der Waals surface area (Å²) in [6.45, 7) is 3.16. The summed E-state index contributed by atoms with van der Waals surface area (Å²) in [4.78, 5) is 0. The highest BCUT2D eigenvalue weighted by molar-refractivity contribution is 7.08. The molecule has 2 N–H and O–H groups in total. The first-order valence-electron chi connectivity index (χ1n) is 7.58. The zero-order chi connectivity index (χ0) is 15.1. The molecule has 0 amide bonds. The molecule has 4 aromatic rings. The molecule has 2 heterocycles. The first-order chi connectivity index (χ1) is 10.8. The van der Waals surface area contributed by atoms with Crippen LogP contribution in [-0.2, 0) is 6.54 Å². The van der Waals surface area contributed by atoms with Crippen LogP contribution in [0.3, 0.4) is 0 Å². The number of hydrogen-bond donors (Lipinski definition) is 1. The van der Waals surface area contributed by atoms with Crippen LogP contribution < -0.4 is 5.73 Å². The number of aromatic nitrogens is 1. The first kappa shape index (κ1) is 16.1. The van der Waals surface area contributed by atoms with Crippen LogP contribution in [0.25, 0.3) is 21.8 Å². The third-order valence-corrected chi connectivity index (χ3v) is 5.08. The Labute approximate surface area is 145 Å². The van der Waals surface area contributed by atoms with Crippen LogP contribution in [0.4, 0.5) is 0 Å². The van der Waals surface area contributed by atoms with Gasteiger partial charge in [0.25, 0.3) is 0 Å². The molecule has 4 heteroatoms. The predicted molar refractivity (Wildman–Crippen MR) is 103 cm³/mol. The van der Waals surface area contributed by atoms with E-state index in [1.165, 1.54) is 32.9 Å². The van der Waals surface area contributed by atoms with Crippen molar-refractivity contribution >= 4 is 45.5 Å². The topological polar surface area (TPSA) is 30.9 Å². The average Bonchev–Trinajstić information content (AvgIpc) is 3.20. The van der Waals surface area contributed by atoms with Crippen molar-refractivity contribution in [1.29, 1.82) is 0 Å². The second kappa shape index (κ2) is 6.36. The van der Waals surface area contributed by atoms with Crippen molar-refractivity contribution in [3.63, 3.8) is 0 Å². The summed E-state index contributed by atoms with van der Waals surface area (Å²) in [6, 6.07) is 17.3. The lowest BCUT2D eigenvalue weighted by atomic mass is 10.00. The monoisotopic (exact) mass is 342 g/mol. The molecule has 0 saturated heterocycles. The summed E-state index contributed by atoms with van der Waals surface area (Å²) in [5, 5.41) is 6.81. The molecule has 0 spiro atoms. The van der Waals surface area contributed by atoms with Crippen molar-refractivity contribution in [2.24, 2.45) is 5.73 Å². The Kier molecular flexibility index (Phi) is 4.44. The Balaban J connectivity index is 0.00000156. The molecule has 23 heavy (non-hydrogen) atoms. The lowest BCUT2D eigenvalue weighted by Crippen LogP contribution is -2.10. The number of thiophene rings is 1. The van der Waals surface area contributed by atoms with Gasteiger partial charge in [0.1, 0.15) is 0 Å². The number of benzene rings is 2. The number of nitrogens with zero attached hydrogens (tertiary/aromatic N) is 1. The summed E-state index contributed by atoms with van der Waals surface area (Å²) < 4.78 is 2.37. The van der Waals surface area contributed by atoms with Crippen LogP contribution in [0.5, 0.6) is 0 Å². The molecule has 1 atom stereocenters. The third kappa shape index (κ3) is 2.55. The largest absolute Gasteiger partial charge is 0.341 e. The van der Waals surface area contributed by atoms with Crippen LogP contribution in [0.15, 0.2) is 59.3 Å². The van der Waals surface area contributed by atoms with Crippen LogP contribution >= 0.6 is 23.7 Å². The highest BCUT2D eigenvalue weighted by Crippen LogP contribution is 2.32. The maximum absolute atomic E-state index is 6.44. The van der Waals surface area contributed by atoms with Crippen molar-refractivity contribution < 1.29 is 0 Å². The number of halogens is 1. The lowest BCUT2D eigenvalue weighted by Gasteiger charge is -2.11. The minimum absolute atomic E-state index is 0. The highest BCUT2D eigenvalue weighted by Gasteiger charge is 2.13. The van der Waals surface area contributed by atoms with Gasteiger partial charge in [0.05, 0.1) is 6.04 Å².